The van der Waals surface area contributed by atoms with E-state index in [0.29, 0.717) is 22.1 Å². The zero-order valence-electron chi connectivity index (χ0n) is 17.5. The minimum absolute atomic E-state index is 0.165. The molecule has 2 amide bonds. The van der Waals surface area contributed by atoms with Crippen molar-refractivity contribution in [3.8, 4) is 0 Å². The number of thioether (sulfide) groups is 1. The fourth-order valence-electron chi connectivity index (χ4n) is 2.98. The van der Waals surface area contributed by atoms with E-state index in [0.717, 1.165) is 11.4 Å². The molecular formula is C22H25N5O2S. The number of aryl methyl sites for hydroxylation is 1. The average Bonchev–Trinajstić information content (AvgIpc) is 3.07. The lowest BCUT2D eigenvalue weighted by Crippen LogP contribution is -2.19. The van der Waals surface area contributed by atoms with E-state index in [4.69, 9.17) is 0 Å². The summed E-state index contributed by atoms with van der Waals surface area (Å²) in [6.07, 6.45) is 0. The highest BCUT2D eigenvalue weighted by Crippen LogP contribution is 2.21. The van der Waals surface area contributed by atoms with Crippen LogP contribution in [0.2, 0.25) is 0 Å². The van der Waals surface area contributed by atoms with Crippen LogP contribution in [0.1, 0.15) is 41.5 Å². The molecule has 3 aromatic rings. The van der Waals surface area contributed by atoms with Gasteiger partial charge in [-0.1, -0.05) is 49.9 Å². The molecule has 30 heavy (non-hydrogen) atoms. The normalized spacial score (nSPS) is 10.8. The highest BCUT2D eigenvalue weighted by molar-refractivity contribution is 7.99. The summed E-state index contributed by atoms with van der Waals surface area (Å²) in [5.41, 5.74) is 2.63. The first-order chi connectivity index (χ1) is 14.3. The van der Waals surface area contributed by atoms with Crippen LogP contribution in [0.5, 0.6) is 0 Å². The monoisotopic (exact) mass is 423 g/mol. The maximum absolute atomic E-state index is 12.7. The minimum Gasteiger partial charge on any atom is -0.325 e. The largest absolute Gasteiger partial charge is 0.325 e. The van der Waals surface area contributed by atoms with Crippen LogP contribution in [0.25, 0.3) is 0 Å². The molecular weight excluding hydrogens is 398 g/mol. The quantitative estimate of drug-likeness (QED) is 0.555. The number of aromatic nitrogens is 3. The first kappa shape index (κ1) is 21.6. The van der Waals surface area contributed by atoms with Crippen LogP contribution in [-0.4, -0.2) is 32.3 Å². The first-order valence-corrected chi connectivity index (χ1v) is 10.6. The molecule has 0 aliphatic carbocycles. The second-order valence-corrected chi connectivity index (χ2v) is 8.20. The van der Waals surface area contributed by atoms with Gasteiger partial charge in [0.2, 0.25) is 5.91 Å². The molecule has 1 aromatic heterocycles. The number of amides is 2. The van der Waals surface area contributed by atoms with Gasteiger partial charge in [0, 0.05) is 18.7 Å². The van der Waals surface area contributed by atoms with E-state index in [1.54, 1.807) is 24.3 Å². The van der Waals surface area contributed by atoms with Crippen molar-refractivity contribution < 1.29 is 9.59 Å². The fraction of sp³-hybridized carbons (Fsp3) is 0.273. The van der Waals surface area contributed by atoms with Crippen molar-refractivity contribution in [2.24, 2.45) is 7.05 Å². The SMILES string of the molecule is Cc1cccc(NC(=O)c2ccccc2NC(=O)CSc2nnc(C(C)C)n2C)c1. The molecule has 0 saturated heterocycles. The fourth-order valence-corrected chi connectivity index (χ4v) is 3.70. The zero-order valence-corrected chi connectivity index (χ0v) is 18.3. The summed E-state index contributed by atoms with van der Waals surface area (Å²) in [6.45, 7) is 6.05. The third kappa shape index (κ3) is 5.27. The van der Waals surface area contributed by atoms with E-state index in [1.807, 2.05) is 56.7 Å². The molecule has 0 bridgehead atoms. The number of nitrogens with one attached hydrogen (secondary N) is 2. The molecule has 0 spiro atoms. The number of carbonyl (C=O) groups is 2. The summed E-state index contributed by atoms with van der Waals surface area (Å²) >= 11 is 1.31. The van der Waals surface area contributed by atoms with Gasteiger partial charge in [-0.2, -0.15) is 0 Å². The average molecular weight is 424 g/mol. The van der Waals surface area contributed by atoms with Crippen molar-refractivity contribution in [1.82, 2.24) is 14.8 Å². The molecule has 3 rings (SSSR count). The molecule has 0 radical (unpaired) electrons. The lowest BCUT2D eigenvalue weighted by atomic mass is 10.1. The van der Waals surface area contributed by atoms with E-state index in [2.05, 4.69) is 20.8 Å². The van der Waals surface area contributed by atoms with Crippen LogP contribution in [0.3, 0.4) is 0 Å². The van der Waals surface area contributed by atoms with Crippen molar-refractivity contribution in [1.29, 1.82) is 0 Å². The molecule has 7 nitrogen and oxygen atoms in total. The minimum atomic E-state index is -0.279. The lowest BCUT2D eigenvalue weighted by molar-refractivity contribution is -0.113. The van der Waals surface area contributed by atoms with Gasteiger partial charge in [0.1, 0.15) is 5.82 Å². The van der Waals surface area contributed by atoms with E-state index < -0.39 is 0 Å². The maximum atomic E-state index is 12.7. The van der Waals surface area contributed by atoms with E-state index in [9.17, 15) is 9.59 Å². The predicted molar refractivity (Wildman–Crippen MR) is 120 cm³/mol. The molecule has 8 heteroatoms. The van der Waals surface area contributed by atoms with E-state index in [1.165, 1.54) is 11.8 Å². The van der Waals surface area contributed by atoms with Crippen molar-refractivity contribution in [2.75, 3.05) is 16.4 Å². The topological polar surface area (TPSA) is 88.9 Å². The van der Waals surface area contributed by atoms with Crippen molar-refractivity contribution in [3.05, 3.63) is 65.5 Å². The lowest BCUT2D eigenvalue weighted by Gasteiger charge is -2.12. The Morgan fingerprint density at radius 2 is 1.83 bits per heavy atom. The Balaban J connectivity index is 1.65. The maximum Gasteiger partial charge on any atom is 0.257 e. The zero-order chi connectivity index (χ0) is 21.7. The van der Waals surface area contributed by atoms with Crippen molar-refractivity contribution >= 4 is 35.0 Å². The van der Waals surface area contributed by atoms with Crippen LogP contribution in [0.4, 0.5) is 11.4 Å². The Morgan fingerprint density at radius 1 is 1.07 bits per heavy atom. The van der Waals surface area contributed by atoms with Crippen molar-refractivity contribution in [2.45, 2.75) is 31.8 Å². The molecule has 0 saturated carbocycles. The molecule has 156 valence electrons. The standard InChI is InChI=1S/C22H25N5O2S/c1-14(2)20-25-26-22(27(20)4)30-13-19(28)24-18-11-6-5-10-17(18)21(29)23-16-9-7-8-15(3)12-16/h5-12,14H,13H2,1-4H3,(H,23,29)(H,24,28). The molecule has 0 fully saturated rings. The summed E-state index contributed by atoms with van der Waals surface area (Å²) in [4.78, 5) is 25.2. The second-order valence-electron chi connectivity index (χ2n) is 7.26. The Morgan fingerprint density at radius 3 is 2.53 bits per heavy atom. The van der Waals surface area contributed by atoms with Gasteiger partial charge in [-0.15, -0.1) is 10.2 Å². The molecule has 0 aliphatic heterocycles. The van der Waals surface area contributed by atoms with Crippen LogP contribution >= 0.6 is 11.8 Å². The number of benzene rings is 2. The van der Waals surface area contributed by atoms with Crippen LogP contribution in [0, 0.1) is 6.92 Å². The van der Waals surface area contributed by atoms with E-state index >= 15 is 0 Å². The molecule has 1 heterocycles. The Labute approximate surface area is 180 Å². The smallest absolute Gasteiger partial charge is 0.257 e. The Kier molecular flexibility index (Phi) is 6.89. The van der Waals surface area contributed by atoms with E-state index in [-0.39, 0.29) is 23.5 Å². The molecule has 0 unspecified atom stereocenters. The molecule has 0 aliphatic rings. The van der Waals surface area contributed by atoms with Gasteiger partial charge in [-0.3, -0.25) is 9.59 Å². The van der Waals surface area contributed by atoms with Gasteiger partial charge >= 0.3 is 0 Å². The van der Waals surface area contributed by atoms with Gasteiger partial charge < -0.3 is 15.2 Å². The molecule has 2 aromatic carbocycles. The van der Waals surface area contributed by atoms with Gasteiger partial charge in [0.15, 0.2) is 5.16 Å². The number of carbonyl (C=O) groups excluding carboxylic acids is 2. The van der Waals surface area contributed by atoms with Crippen molar-refractivity contribution in [3.63, 3.8) is 0 Å². The number of para-hydroxylation sites is 1. The van der Waals surface area contributed by atoms with Crippen LogP contribution < -0.4 is 10.6 Å². The van der Waals surface area contributed by atoms with Gasteiger partial charge in [-0.25, -0.2) is 0 Å². The van der Waals surface area contributed by atoms with Gasteiger partial charge in [0.05, 0.1) is 17.0 Å². The van der Waals surface area contributed by atoms with Gasteiger partial charge in [0.25, 0.3) is 5.91 Å². The van der Waals surface area contributed by atoms with Crippen LogP contribution in [0.15, 0.2) is 53.7 Å². The summed E-state index contributed by atoms with van der Waals surface area (Å²) in [6, 6.07) is 14.5. The summed E-state index contributed by atoms with van der Waals surface area (Å²) in [5.74, 6) is 0.794. The van der Waals surface area contributed by atoms with Gasteiger partial charge in [-0.05, 0) is 36.8 Å². The summed E-state index contributed by atoms with van der Waals surface area (Å²) < 4.78 is 1.89. The highest BCUT2D eigenvalue weighted by atomic mass is 32.2. The number of nitrogens with zero attached hydrogens (tertiary/aromatic N) is 3. The predicted octanol–water partition coefficient (Wildman–Crippen LogP) is 4.23. The van der Waals surface area contributed by atoms with Crippen LogP contribution in [-0.2, 0) is 11.8 Å². The highest BCUT2D eigenvalue weighted by Gasteiger charge is 2.16. The third-order valence-corrected chi connectivity index (χ3v) is 5.46. The third-order valence-electron chi connectivity index (χ3n) is 4.44. The second kappa shape index (κ2) is 9.58. The summed E-state index contributed by atoms with van der Waals surface area (Å²) in [7, 11) is 1.89. The number of rotatable bonds is 7. The number of hydrogen-bond acceptors (Lipinski definition) is 5. The summed E-state index contributed by atoms with van der Waals surface area (Å²) in [5, 5.41) is 14.7. The number of hydrogen-bond donors (Lipinski definition) is 2. The molecule has 2 N–H and O–H groups in total. The molecule has 0 atom stereocenters. The Bertz CT molecular complexity index is 1060. The first-order valence-electron chi connectivity index (χ1n) is 9.64. The number of anilines is 2. The Hall–Kier alpha value is -3.13.